The Balaban J connectivity index is 2.02. The molecule has 0 aromatic carbocycles. The number of anilines is 1. The molecule has 2 N–H and O–H groups in total. The molecule has 1 atom stereocenters. The van der Waals surface area contributed by atoms with Gasteiger partial charge in [-0.15, -0.1) is 22.7 Å². The van der Waals surface area contributed by atoms with Crippen LogP contribution in [0.3, 0.4) is 0 Å². The Morgan fingerprint density at radius 1 is 1.38 bits per heavy atom. The number of hydrogen-bond donors (Lipinski definition) is 1. The number of thiazole rings is 1. The summed E-state index contributed by atoms with van der Waals surface area (Å²) in [4.78, 5) is 14.2. The van der Waals surface area contributed by atoms with E-state index in [1.54, 1.807) is 18.7 Å². The zero-order valence-electron chi connectivity index (χ0n) is 14.3. The standard InChI is InChI=1S/C17H17N5OS3/c1-3-6-26(23)17-14(18)13-10(12-8-19-9-22(12)2)7-11(21-16(13)25-17)15-20-4-5-24-15/h4-5,7-9H,3,6,18H2,1-2H3. The smallest absolute Gasteiger partial charge is 0.141 e. The van der Waals surface area contributed by atoms with Crippen LogP contribution in [0, 0.1) is 0 Å². The molecule has 26 heavy (non-hydrogen) atoms. The van der Waals surface area contributed by atoms with Gasteiger partial charge >= 0.3 is 0 Å². The highest BCUT2D eigenvalue weighted by molar-refractivity contribution is 7.87. The molecule has 6 nitrogen and oxygen atoms in total. The van der Waals surface area contributed by atoms with Gasteiger partial charge in [-0.3, -0.25) is 4.21 Å². The number of nitrogens with zero attached hydrogens (tertiary/aromatic N) is 4. The maximum absolute atomic E-state index is 12.6. The third-order valence-corrected chi connectivity index (χ3v) is 7.92. The maximum Gasteiger partial charge on any atom is 0.141 e. The molecule has 0 saturated carbocycles. The van der Waals surface area contributed by atoms with Crippen LogP contribution in [0.4, 0.5) is 5.69 Å². The molecule has 4 aromatic heterocycles. The number of fused-ring (bicyclic) bond motifs is 1. The quantitative estimate of drug-likeness (QED) is 0.546. The minimum Gasteiger partial charge on any atom is -0.396 e. The highest BCUT2D eigenvalue weighted by Crippen LogP contribution is 2.42. The van der Waals surface area contributed by atoms with Crippen molar-refractivity contribution in [2.24, 2.45) is 7.05 Å². The van der Waals surface area contributed by atoms with Gasteiger partial charge < -0.3 is 10.3 Å². The summed E-state index contributed by atoms with van der Waals surface area (Å²) in [6.45, 7) is 2.02. The summed E-state index contributed by atoms with van der Waals surface area (Å²) in [5.41, 5.74) is 9.66. The Labute approximate surface area is 161 Å². The Bertz CT molecular complexity index is 1100. The lowest BCUT2D eigenvalue weighted by Gasteiger charge is -2.07. The van der Waals surface area contributed by atoms with Crippen molar-refractivity contribution in [3.05, 3.63) is 30.2 Å². The molecule has 0 fully saturated rings. The SMILES string of the molecule is CCCS(=O)c1sc2nc(-c3nccs3)cc(-c3cncn3C)c2c1N. The van der Waals surface area contributed by atoms with Crippen molar-refractivity contribution in [1.29, 1.82) is 0 Å². The lowest BCUT2D eigenvalue weighted by atomic mass is 10.1. The molecule has 4 heterocycles. The van der Waals surface area contributed by atoms with Gasteiger partial charge in [0.25, 0.3) is 0 Å². The normalized spacial score (nSPS) is 12.7. The van der Waals surface area contributed by atoms with Crippen molar-refractivity contribution in [2.45, 2.75) is 17.6 Å². The molecule has 0 radical (unpaired) electrons. The highest BCUT2D eigenvalue weighted by atomic mass is 32.2. The van der Waals surface area contributed by atoms with Crippen LogP contribution in [-0.4, -0.2) is 29.5 Å². The van der Waals surface area contributed by atoms with Crippen LogP contribution >= 0.6 is 22.7 Å². The summed E-state index contributed by atoms with van der Waals surface area (Å²) >= 11 is 2.95. The van der Waals surface area contributed by atoms with Gasteiger partial charge in [-0.25, -0.2) is 15.0 Å². The van der Waals surface area contributed by atoms with E-state index in [9.17, 15) is 4.21 Å². The molecule has 4 rings (SSSR count). The molecule has 0 spiro atoms. The molecule has 9 heteroatoms. The number of pyridine rings is 1. The third-order valence-electron chi connectivity index (χ3n) is 4.01. The molecule has 0 aliphatic rings. The summed E-state index contributed by atoms with van der Waals surface area (Å²) in [6, 6.07) is 1.99. The fourth-order valence-electron chi connectivity index (χ4n) is 2.83. The largest absolute Gasteiger partial charge is 0.396 e. The van der Waals surface area contributed by atoms with E-state index in [1.165, 1.54) is 22.7 Å². The van der Waals surface area contributed by atoms with Gasteiger partial charge in [0.05, 0.1) is 34.7 Å². The van der Waals surface area contributed by atoms with Gasteiger partial charge in [0.1, 0.15) is 19.7 Å². The number of aryl methyl sites for hydroxylation is 1. The van der Waals surface area contributed by atoms with Crippen molar-refractivity contribution in [1.82, 2.24) is 19.5 Å². The molecule has 0 bridgehead atoms. The number of rotatable bonds is 5. The van der Waals surface area contributed by atoms with E-state index in [0.29, 0.717) is 15.6 Å². The van der Waals surface area contributed by atoms with E-state index in [2.05, 4.69) is 9.97 Å². The Morgan fingerprint density at radius 3 is 2.88 bits per heavy atom. The molecule has 134 valence electrons. The van der Waals surface area contributed by atoms with E-state index in [-0.39, 0.29) is 0 Å². The Hall–Kier alpha value is -2.10. The molecule has 0 aliphatic heterocycles. The number of hydrogen-bond acceptors (Lipinski definition) is 7. The van der Waals surface area contributed by atoms with Crippen molar-refractivity contribution >= 4 is 49.4 Å². The van der Waals surface area contributed by atoms with Crippen molar-refractivity contribution in [3.63, 3.8) is 0 Å². The van der Waals surface area contributed by atoms with E-state index in [1.807, 2.05) is 30.0 Å². The highest BCUT2D eigenvalue weighted by Gasteiger charge is 2.22. The van der Waals surface area contributed by atoms with Gasteiger partial charge in [0.2, 0.25) is 0 Å². The number of thiophene rings is 1. The number of nitrogens with two attached hydrogens (primary N) is 1. The molecule has 0 amide bonds. The zero-order valence-corrected chi connectivity index (χ0v) is 16.7. The van der Waals surface area contributed by atoms with Crippen molar-refractivity contribution in [2.75, 3.05) is 11.5 Å². The first-order chi connectivity index (χ1) is 12.6. The maximum atomic E-state index is 12.6. The fraction of sp³-hybridized carbons (Fsp3) is 0.235. The second kappa shape index (κ2) is 6.90. The topological polar surface area (TPSA) is 86.7 Å². The van der Waals surface area contributed by atoms with Crippen molar-refractivity contribution in [3.8, 4) is 22.0 Å². The predicted octanol–water partition coefficient (Wildman–Crippen LogP) is 3.92. The fourth-order valence-corrected chi connectivity index (χ4v) is 6.04. The van der Waals surface area contributed by atoms with Gasteiger partial charge in [0, 0.05) is 35.3 Å². The van der Waals surface area contributed by atoms with Crippen LogP contribution in [-0.2, 0) is 17.8 Å². The summed E-state index contributed by atoms with van der Waals surface area (Å²) in [6.07, 6.45) is 6.16. The summed E-state index contributed by atoms with van der Waals surface area (Å²) in [7, 11) is 0.828. The first-order valence-electron chi connectivity index (χ1n) is 8.08. The van der Waals surface area contributed by atoms with Crippen LogP contribution in [0.2, 0.25) is 0 Å². The lowest BCUT2D eigenvalue weighted by molar-refractivity contribution is 0.683. The van der Waals surface area contributed by atoms with Gasteiger partial charge in [-0.1, -0.05) is 6.92 Å². The van der Waals surface area contributed by atoms with Gasteiger partial charge in [-0.2, -0.15) is 0 Å². The Morgan fingerprint density at radius 2 is 2.23 bits per heavy atom. The monoisotopic (exact) mass is 403 g/mol. The van der Waals surface area contributed by atoms with Crippen LogP contribution < -0.4 is 5.73 Å². The Kier molecular flexibility index (Phi) is 4.60. The summed E-state index contributed by atoms with van der Waals surface area (Å²) in [5.74, 6) is 0.595. The predicted molar refractivity (Wildman–Crippen MR) is 109 cm³/mol. The summed E-state index contributed by atoms with van der Waals surface area (Å²) in [5, 5.41) is 3.62. The van der Waals surface area contributed by atoms with Crippen molar-refractivity contribution < 1.29 is 4.21 Å². The number of aromatic nitrogens is 4. The molecule has 1 unspecified atom stereocenters. The number of nitrogen functional groups attached to an aromatic ring is 1. The minimum atomic E-state index is -1.11. The van der Waals surface area contributed by atoms with Crippen LogP contribution in [0.25, 0.3) is 32.2 Å². The summed E-state index contributed by atoms with van der Waals surface area (Å²) < 4.78 is 15.2. The average molecular weight is 404 g/mol. The third kappa shape index (κ3) is 2.85. The second-order valence-electron chi connectivity index (χ2n) is 5.82. The minimum absolute atomic E-state index is 0.561. The molecule has 4 aromatic rings. The number of imidazole rings is 1. The second-order valence-corrected chi connectivity index (χ2v) is 9.47. The van der Waals surface area contributed by atoms with Gasteiger partial charge in [0.15, 0.2) is 0 Å². The molecular formula is C17H17N5OS3. The first-order valence-corrected chi connectivity index (χ1v) is 11.1. The lowest BCUT2D eigenvalue weighted by Crippen LogP contribution is -1.98. The average Bonchev–Trinajstić information content (AvgIpc) is 3.35. The molecule has 0 aliphatic carbocycles. The first kappa shape index (κ1) is 17.3. The van der Waals surface area contributed by atoms with E-state index >= 15 is 0 Å². The molecule has 0 saturated heterocycles. The van der Waals surface area contributed by atoms with Crippen LogP contribution in [0.5, 0.6) is 0 Å². The van der Waals surface area contributed by atoms with Crippen LogP contribution in [0.1, 0.15) is 13.3 Å². The van der Waals surface area contributed by atoms with E-state index < -0.39 is 10.8 Å². The molecular weight excluding hydrogens is 386 g/mol. The van der Waals surface area contributed by atoms with E-state index in [0.717, 1.165) is 38.6 Å². The van der Waals surface area contributed by atoms with Gasteiger partial charge in [-0.05, 0) is 12.5 Å². The zero-order chi connectivity index (χ0) is 18.3. The van der Waals surface area contributed by atoms with Crippen LogP contribution in [0.15, 0.2) is 34.4 Å². The van der Waals surface area contributed by atoms with E-state index in [4.69, 9.17) is 10.7 Å².